The number of aromatic nitrogens is 1. The lowest BCUT2D eigenvalue weighted by Crippen LogP contribution is -2.39. The maximum atomic E-state index is 12.3. The molecule has 4 nitrogen and oxygen atoms in total. The molecule has 1 aliphatic heterocycles. The van der Waals surface area contributed by atoms with Gasteiger partial charge in [-0.05, 0) is 24.3 Å². The molecule has 0 radical (unpaired) electrons. The minimum atomic E-state index is 0.207. The topological polar surface area (TPSA) is 34.5 Å². The lowest BCUT2D eigenvalue weighted by molar-refractivity contribution is -0.131. The Morgan fingerprint density at radius 2 is 2.10 bits per heavy atom. The summed E-state index contributed by atoms with van der Waals surface area (Å²) in [6.07, 6.45) is 1.97. The van der Waals surface area contributed by atoms with Crippen LogP contribution in [0.3, 0.4) is 0 Å². The number of rotatable bonds is 3. The second-order valence-electron chi connectivity index (χ2n) is 4.86. The number of benzene rings is 1. The van der Waals surface area contributed by atoms with Gasteiger partial charge < -0.3 is 14.2 Å². The fraction of sp³-hybridized carbons (Fsp3) is 0.400. The van der Waals surface area contributed by atoms with Crippen molar-refractivity contribution in [3.63, 3.8) is 0 Å². The van der Waals surface area contributed by atoms with E-state index in [9.17, 15) is 4.79 Å². The SMILES string of the molecule is COc1ccc2c(ccn2CC(=O)N2CCSCC2)c1. The Morgan fingerprint density at radius 1 is 1.30 bits per heavy atom. The van der Waals surface area contributed by atoms with Crippen molar-refractivity contribution in [2.45, 2.75) is 6.54 Å². The molecular formula is C15H18N2O2S. The van der Waals surface area contributed by atoms with E-state index in [1.165, 1.54) is 0 Å². The fourth-order valence-electron chi connectivity index (χ4n) is 2.50. The highest BCUT2D eigenvalue weighted by molar-refractivity contribution is 7.99. The minimum Gasteiger partial charge on any atom is -0.497 e. The third kappa shape index (κ3) is 2.63. The first-order valence-electron chi connectivity index (χ1n) is 6.76. The second kappa shape index (κ2) is 5.79. The van der Waals surface area contributed by atoms with Gasteiger partial charge in [-0.1, -0.05) is 0 Å². The molecule has 0 unspecified atom stereocenters. The Balaban J connectivity index is 1.78. The largest absolute Gasteiger partial charge is 0.497 e. The van der Waals surface area contributed by atoms with Crippen LogP contribution in [0.25, 0.3) is 10.9 Å². The first kappa shape index (κ1) is 13.4. The van der Waals surface area contributed by atoms with Gasteiger partial charge in [-0.3, -0.25) is 4.79 Å². The highest BCUT2D eigenvalue weighted by atomic mass is 32.2. The van der Waals surface area contributed by atoms with E-state index in [4.69, 9.17) is 4.74 Å². The normalized spacial score (nSPS) is 15.6. The Morgan fingerprint density at radius 3 is 2.85 bits per heavy atom. The van der Waals surface area contributed by atoms with Crippen LogP contribution in [-0.2, 0) is 11.3 Å². The van der Waals surface area contributed by atoms with Crippen LogP contribution in [0, 0.1) is 0 Å². The molecule has 1 aliphatic rings. The van der Waals surface area contributed by atoms with Crippen LogP contribution in [0.5, 0.6) is 5.75 Å². The molecule has 0 aliphatic carbocycles. The van der Waals surface area contributed by atoms with Gasteiger partial charge >= 0.3 is 0 Å². The van der Waals surface area contributed by atoms with Crippen molar-refractivity contribution < 1.29 is 9.53 Å². The maximum absolute atomic E-state index is 12.3. The van der Waals surface area contributed by atoms with Crippen LogP contribution in [0.1, 0.15) is 0 Å². The number of ether oxygens (including phenoxy) is 1. The summed E-state index contributed by atoms with van der Waals surface area (Å²) in [5, 5.41) is 1.10. The minimum absolute atomic E-state index is 0.207. The molecule has 5 heteroatoms. The predicted molar refractivity (Wildman–Crippen MR) is 82.4 cm³/mol. The smallest absolute Gasteiger partial charge is 0.242 e. The van der Waals surface area contributed by atoms with Gasteiger partial charge in [0.25, 0.3) is 0 Å². The number of carbonyl (C=O) groups is 1. The highest BCUT2D eigenvalue weighted by Crippen LogP contribution is 2.22. The molecule has 2 aromatic rings. The van der Waals surface area contributed by atoms with E-state index in [1.54, 1.807) is 7.11 Å². The predicted octanol–water partition coefficient (Wildman–Crippen LogP) is 2.23. The Labute approximate surface area is 122 Å². The van der Waals surface area contributed by atoms with Gasteiger partial charge in [-0.25, -0.2) is 0 Å². The van der Waals surface area contributed by atoms with Gasteiger partial charge in [0.1, 0.15) is 12.3 Å². The summed E-state index contributed by atoms with van der Waals surface area (Å²) in [6.45, 7) is 2.16. The van der Waals surface area contributed by atoms with Gasteiger partial charge in [0.05, 0.1) is 7.11 Å². The number of carbonyl (C=O) groups excluding carboxylic acids is 1. The second-order valence-corrected chi connectivity index (χ2v) is 6.09. The zero-order valence-electron chi connectivity index (χ0n) is 11.5. The molecule has 0 atom stereocenters. The number of hydrogen-bond donors (Lipinski definition) is 0. The molecule has 3 rings (SSSR count). The van der Waals surface area contributed by atoms with E-state index in [2.05, 4.69) is 0 Å². The Hall–Kier alpha value is -1.62. The van der Waals surface area contributed by atoms with Crippen LogP contribution in [0.15, 0.2) is 30.5 Å². The van der Waals surface area contributed by atoms with Crippen LogP contribution < -0.4 is 4.74 Å². The first-order chi connectivity index (χ1) is 9.78. The van der Waals surface area contributed by atoms with Crippen LogP contribution in [-0.4, -0.2) is 47.1 Å². The lowest BCUT2D eigenvalue weighted by Gasteiger charge is -2.26. The summed E-state index contributed by atoms with van der Waals surface area (Å²) in [4.78, 5) is 14.3. The Kier molecular flexibility index (Phi) is 3.87. The first-order valence-corrected chi connectivity index (χ1v) is 7.92. The number of amides is 1. The molecule has 0 N–H and O–H groups in total. The van der Waals surface area contributed by atoms with E-state index in [0.29, 0.717) is 6.54 Å². The number of nitrogens with zero attached hydrogens (tertiary/aromatic N) is 2. The van der Waals surface area contributed by atoms with Crippen LogP contribution in [0.4, 0.5) is 0 Å². The monoisotopic (exact) mass is 290 g/mol. The maximum Gasteiger partial charge on any atom is 0.242 e. The number of fused-ring (bicyclic) bond motifs is 1. The molecule has 106 valence electrons. The van der Waals surface area contributed by atoms with E-state index < -0.39 is 0 Å². The molecule has 1 aromatic heterocycles. The van der Waals surface area contributed by atoms with Gasteiger partial charge in [0.15, 0.2) is 0 Å². The Bertz CT molecular complexity index is 617. The summed E-state index contributed by atoms with van der Waals surface area (Å²) < 4.78 is 7.23. The van der Waals surface area contributed by atoms with E-state index >= 15 is 0 Å². The summed E-state index contributed by atoms with van der Waals surface area (Å²) in [6, 6.07) is 7.96. The lowest BCUT2D eigenvalue weighted by atomic mass is 10.2. The fourth-order valence-corrected chi connectivity index (χ4v) is 3.40. The molecule has 2 heterocycles. The number of methoxy groups -OCH3 is 1. The van der Waals surface area contributed by atoms with Crippen molar-refractivity contribution in [3.8, 4) is 5.75 Å². The summed E-state index contributed by atoms with van der Waals surface area (Å²) in [5.41, 5.74) is 1.07. The van der Waals surface area contributed by atoms with E-state index in [0.717, 1.165) is 41.2 Å². The molecule has 0 spiro atoms. The van der Waals surface area contributed by atoms with Crippen molar-refractivity contribution in [3.05, 3.63) is 30.5 Å². The van der Waals surface area contributed by atoms with Crippen molar-refractivity contribution in [2.24, 2.45) is 0 Å². The van der Waals surface area contributed by atoms with Gasteiger partial charge in [-0.2, -0.15) is 11.8 Å². The third-order valence-corrected chi connectivity index (χ3v) is 4.59. The van der Waals surface area contributed by atoms with Crippen LogP contribution in [0.2, 0.25) is 0 Å². The quantitative estimate of drug-likeness (QED) is 0.869. The average molecular weight is 290 g/mol. The molecule has 0 saturated carbocycles. The van der Waals surface area contributed by atoms with Crippen molar-refractivity contribution in [1.82, 2.24) is 9.47 Å². The number of thioether (sulfide) groups is 1. The zero-order valence-corrected chi connectivity index (χ0v) is 12.4. The van der Waals surface area contributed by atoms with Gasteiger partial charge in [-0.15, -0.1) is 0 Å². The van der Waals surface area contributed by atoms with Gasteiger partial charge in [0, 0.05) is 41.7 Å². The highest BCUT2D eigenvalue weighted by Gasteiger charge is 2.17. The third-order valence-electron chi connectivity index (χ3n) is 3.65. The number of hydrogen-bond acceptors (Lipinski definition) is 3. The van der Waals surface area contributed by atoms with Gasteiger partial charge in [0.2, 0.25) is 5.91 Å². The zero-order chi connectivity index (χ0) is 13.9. The van der Waals surface area contributed by atoms with Crippen molar-refractivity contribution >= 4 is 28.6 Å². The molecule has 1 amide bonds. The molecular weight excluding hydrogens is 272 g/mol. The van der Waals surface area contributed by atoms with Crippen molar-refractivity contribution in [1.29, 1.82) is 0 Å². The summed E-state index contributed by atoms with van der Waals surface area (Å²) in [7, 11) is 1.66. The van der Waals surface area contributed by atoms with E-state index in [1.807, 2.05) is 51.7 Å². The standard InChI is InChI=1S/C15H18N2O2S/c1-19-13-2-3-14-12(10-13)4-5-17(14)11-15(18)16-6-8-20-9-7-16/h2-5,10H,6-9,11H2,1H3. The van der Waals surface area contributed by atoms with Crippen LogP contribution >= 0.6 is 11.8 Å². The summed E-state index contributed by atoms with van der Waals surface area (Å²) >= 11 is 1.92. The molecule has 20 heavy (non-hydrogen) atoms. The molecule has 1 fully saturated rings. The average Bonchev–Trinajstić information content (AvgIpc) is 2.90. The molecule has 1 saturated heterocycles. The summed E-state index contributed by atoms with van der Waals surface area (Å²) in [5.74, 6) is 3.15. The molecule has 1 aromatic carbocycles. The molecule has 0 bridgehead atoms. The van der Waals surface area contributed by atoms with Crippen molar-refractivity contribution in [2.75, 3.05) is 31.7 Å². The van der Waals surface area contributed by atoms with E-state index in [-0.39, 0.29) is 5.91 Å².